The second-order valence-corrected chi connectivity index (χ2v) is 9.01. The van der Waals surface area contributed by atoms with Crippen LogP contribution in [0.25, 0.3) is 22.0 Å². The minimum atomic E-state index is -4.12. The summed E-state index contributed by atoms with van der Waals surface area (Å²) in [5.74, 6) is -1.23. The van der Waals surface area contributed by atoms with Crippen molar-refractivity contribution in [2.75, 3.05) is 0 Å². The van der Waals surface area contributed by atoms with Gasteiger partial charge in [-0.3, -0.25) is 4.98 Å². The smallest absolute Gasteiger partial charge is 0.208 e. The third-order valence-electron chi connectivity index (χ3n) is 4.40. The quantitative estimate of drug-likeness (QED) is 0.343. The Balaban J connectivity index is 2.08. The van der Waals surface area contributed by atoms with Crippen LogP contribution in [0.15, 0.2) is 76.7 Å². The molecule has 4 aromatic rings. The van der Waals surface area contributed by atoms with E-state index in [4.69, 9.17) is 23.2 Å². The van der Waals surface area contributed by atoms with Crippen LogP contribution in [0.4, 0.5) is 8.78 Å². The topological polar surface area (TPSA) is 47.0 Å². The van der Waals surface area contributed by atoms with E-state index in [-0.39, 0.29) is 20.3 Å². The molecular formula is C21H11Cl2F2NO2S. The van der Waals surface area contributed by atoms with E-state index in [9.17, 15) is 17.2 Å². The van der Waals surface area contributed by atoms with Crippen LogP contribution in [-0.2, 0) is 9.84 Å². The first-order chi connectivity index (χ1) is 13.8. The third kappa shape index (κ3) is 3.59. The lowest BCUT2D eigenvalue weighted by Crippen LogP contribution is -2.06. The van der Waals surface area contributed by atoms with Gasteiger partial charge < -0.3 is 0 Å². The lowest BCUT2D eigenvalue weighted by atomic mass is 10.0. The molecule has 1 aromatic heterocycles. The summed E-state index contributed by atoms with van der Waals surface area (Å²) in [6.07, 6.45) is 1.16. The van der Waals surface area contributed by atoms with Gasteiger partial charge >= 0.3 is 0 Å². The van der Waals surface area contributed by atoms with Crippen LogP contribution < -0.4 is 0 Å². The van der Waals surface area contributed by atoms with E-state index in [2.05, 4.69) is 4.98 Å². The Kier molecular flexibility index (Phi) is 5.02. The molecular weight excluding hydrogens is 439 g/mol. The highest BCUT2D eigenvalue weighted by Crippen LogP contribution is 2.38. The highest BCUT2D eigenvalue weighted by molar-refractivity contribution is 7.91. The number of hydrogen-bond donors (Lipinski definition) is 0. The van der Waals surface area contributed by atoms with E-state index in [1.54, 1.807) is 24.3 Å². The maximum absolute atomic E-state index is 13.7. The van der Waals surface area contributed by atoms with Crippen molar-refractivity contribution in [3.8, 4) is 11.1 Å². The van der Waals surface area contributed by atoms with Crippen molar-refractivity contribution in [3.63, 3.8) is 0 Å². The second kappa shape index (κ2) is 7.37. The Hall–Kier alpha value is -2.54. The number of nitrogens with zero attached hydrogens (tertiary/aromatic N) is 1. The Morgan fingerprint density at radius 1 is 0.897 bits per heavy atom. The van der Waals surface area contributed by atoms with Crippen LogP contribution >= 0.6 is 23.2 Å². The van der Waals surface area contributed by atoms with E-state index in [0.29, 0.717) is 21.5 Å². The Bertz CT molecular complexity index is 1370. The van der Waals surface area contributed by atoms with Gasteiger partial charge in [-0.15, -0.1) is 0 Å². The molecule has 4 rings (SSSR count). The number of pyridine rings is 1. The molecule has 3 nitrogen and oxygen atoms in total. The Labute approximate surface area is 175 Å². The average molecular weight is 450 g/mol. The molecule has 0 aliphatic rings. The normalized spacial score (nSPS) is 11.7. The summed E-state index contributed by atoms with van der Waals surface area (Å²) in [5.41, 5.74) is 1.12. The van der Waals surface area contributed by atoms with Crippen molar-refractivity contribution >= 4 is 43.9 Å². The fourth-order valence-electron chi connectivity index (χ4n) is 3.06. The summed E-state index contributed by atoms with van der Waals surface area (Å²) in [4.78, 5) is 3.81. The lowest BCUT2D eigenvalue weighted by molar-refractivity contribution is 0.595. The number of fused-ring (bicyclic) bond motifs is 1. The summed E-state index contributed by atoms with van der Waals surface area (Å²) in [6, 6.07) is 13.7. The molecule has 0 aliphatic heterocycles. The fraction of sp³-hybridized carbons (Fsp3) is 0. The summed E-state index contributed by atoms with van der Waals surface area (Å²) in [6.45, 7) is 0. The SMILES string of the molecule is O=S(=O)(c1ccc(F)c(Cl)c1)c1cnc2cc(F)ccc2c1-c1cccc(Cl)c1. The van der Waals surface area contributed by atoms with Gasteiger partial charge in [-0.2, -0.15) is 0 Å². The summed E-state index contributed by atoms with van der Waals surface area (Å²) in [5, 5.41) is 0.525. The standard InChI is InChI=1S/C21H11Cl2F2NO2S/c22-13-3-1-2-12(8-13)21-16-6-4-14(24)9-19(16)26-11-20(21)29(27,28)15-5-7-18(25)17(23)10-15/h1-11H. The van der Waals surface area contributed by atoms with E-state index >= 15 is 0 Å². The largest absolute Gasteiger partial charge is 0.255 e. The zero-order valence-corrected chi connectivity index (χ0v) is 16.9. The zero-order chi connectivity index (χ0) is 20.8. The number of hydrogen-bond acceptors (Lipinski definition) is 3. The highest BCUT2D eigenvalue weighted by atomic mass is 35.5. The van der Waals surface area contributed by atoms with Gasteiger partial charge in [0.2, 0.25) is 9.84 Å². The summed E-state index contributed by atoms with van der Waals surface area (Å²) < 4.78 is 53.9. The van der Waals surface area contributed by atoms with Gasteiger partial charge in [0.1, 0.15) is 11.6 Å². The molecule has 0 atom stereocenters. The number of rotatable bonds is 3. The van der Waals surface area contributed by atoms with Gasteiger partial charge in [-0.05, 0) is 48.0 Å². The Morgan fingerprint density at radius 3 is 2.41 bits per heavy atom. The molecule has 0 amide bonds. The molecule has 0 saturated carbocycles. The first kappa shape index (κ1) is 19.8. The first-order valence-electron chi connectivity index (χ1n) is 8.32. The zero-order valence-electron chi connectivity index (χ0n) is 14.5. The molecule has 1 heterocycles. The first-order valence-corrected chi connectivity index (χ1v) is 10.6. The van der Waals surface area contributed by atoms with Gasteiger partial charge in [-0.25, -0.2) is 17.2 Å². The lowest BCUT2D eigenvalue weighted by Gasteiger charge is -2.14. The summed E-state index contributed by atoms with van der Waals surface area (Å²) in [7, 11) is -4.12. The maximum Gasteiger partial charge on any atom is 0.208 e. The van der Waals surface area contributed by atoms with E-state index in [0.717, 1.165) is 24.4 Å². The average Bonchev–Trinajstić information content (AvgIpc) is 2.68. The van der Waals surface area contributed by atoms with Crippen LogP contribution in [0.2, 0.25) is 10.0 Å². The molecule has 0 unspecified atom stereocenters. The molecule has 146 valence electrons. The molecule has 0 saturated heterocycles. The molecule has 0 spiro atoms. The van der Waals surface area contributed by atoms with Crippen LogP contribution in [0.1, 0.15) is 0 Å². The van der Waals surface area contributed by atoms with Gasteiger partial charge in [-0.1, -0.05) is 35.3 Å². The Morgan fingerprint density at radius 2 is 1.69 bits per heavy atom. The minimum Gasteiger partial charge on any atom is -0.255 e. The fourth-order valence-corrected chi connectivity index (χ4v) is 4.96. The van der Waals surface area contributed by atoms with Crippen molar-refractivity contribution in [1.82, 2.24) is 4.98 Å². The molecule has 0 aliphatic carbocycles. The van der Waals surface area contributed by atoms with Crippen LogP contribution in [-0.4, -0.2) is 13.4 Å². The van der Waals surface area contributed by atoms with Crippen molar-refractivity contribution in [3.05, 3.63) is 88.5 Å². The highest BCUT2D eigenvalue weighted by Gasteiger charge is 2.25. The molecule has 0 fully saturated rings. The molecule has 3 aromatic carbocycles. The van der Waals surface area contributed by atoms with Crippen LogP contribution in [0, 0.1) is 11.6 Å². The van der Waals surface area contributed by atoms with Gasteiger partial charge in [0.05, 0.1) is 20.3 Å². The van der Waals surface area contributed by atoms with Gasteiger partial charge in [0, 0.05) is 28.2 Å². The van der Waals surface area contributed by atoms with E-state index < -0.39 is 21.5 Å². The number of sulfone groups is 1. The third-order valence-corrected chi connectivity index (χ3v) is 6.69. The molecule has 0 bridgehead atoms. The second-order valence-electron chi connectivity index (χ2n) is 6.25. The maximum atomic E-state index is 13.7. The van der Waals surface area contributed by atoms with Crippen LogP contribution in [0.3, 0.4) is 0 Å². The number of benzene rings is 3. The van der Waals surface area contributed by atoms with E-state index in [1.165, 1.54) is 18.2 Å². The molecule has 29 heavy (non-hydrogen) atoms. The predicted molar refractivity (Wildman–Crippen MR) is 109 cm³/mol. The van der Waals surface area contributed by atoms with Gasteiger partial charge in [0.15, 0.2) is 0 Å². The molecule has 8 heteroatoms. The number of halogens is 4. The summed E-state index contributed by atoms with van der Waals surface area (Å²) >= 11 is 11.9. The predicted octanol–water partition coefficient (Wildman–Crippen LogP) is 6.32. The molecule has 0 radical (unpaired) electrons. The van der Waals surface area contributed by atoms with Crippen LogP contribution in [0.5, 0.6) is 0 Å². The van der Waals surface area contributed by atoms with E-state index in [1.807, 2.05) is 0 Å². The number of aromatic nitrogens is 1. The van der Waals surface area contributed by atoms with Crippen molar-refractivity contribution in [2.45, 2.75) is 9.79 Å². The van der Waals surface area contributed by atoms with Crippen molar-refractivity contribution in [1.29, 1.82) is 0 Å². The monoisotopic (exact) mass is 449 g/mol. The van der Waals surface area contributed by atoms with Gasteiger partial charge in [0.25, 0.3) is 0 Å². The minimum absolute atomic E-state index is 0.124. The van der Waals surface area contributed by atoms with Crippen molar-refractivity contribution in [2.24, 2.45) is 0 Å². The molecule has 0 N–H and O–H groups in total. The van der Waals surface area contributed by atoms with Crippen molar-refractivity contribution < 1.29 is 17.2 Å².